The van der Waals surface area contributed by atoms with Crippen LogP contribution in [0.5, 0.6) is 5.75 Å². The van der Waals surface area contributed by atoms with Gasteiger partial charge in [-0.15, -0.1) is 10.2 Å². The smallest absolute Gasteiger partial charge is 0.255 e. The first kappa shape index (κ1) is 18.5. The summed E-state index contributed by atoms with van der Waals surface area (Å²) in [6.45, 7) is 2.48. The number of likely N-dealkylation sites (tertiary alicyclic amines) is 1. The maximum atomic E-state index is 13.1. The zero-order chi connectivity index (χ0) is 18.8. The average Bonchev–Trinajstić information content (AvgIpc) is 2.96. The van der Waals surface area contributed by atoms with Gasteiger partial charge in [0.15, 0.2) is 0 Å². The van der Waals surface area contributed by atoms with Crippen molar-refractivity contribution in [3.8, 4) is 5.75 Å². The third-order valence-electron chi connectivity index (χ3n) is 5.62. The summed E-state index contributed by atoms with van der Waals surface area (Å²) in [5, 5.41) is 8.96. The van der Waals surface area contributed by atoms with Crippen LogP contribution in [0.15, 0.2) is 22.7 Å². The van der Waals surface area contributed by atoms with Crippen molar-refractivity contribution in [2.24, 2.45) is 0 Å². The van der Waals surface area contributed by atoms with Crippen molar-refractivity contribution in [2.45, 2.75) is 51.0 Å². The number of carbonyl (C=O) groups excluding carboxylic acids is 1. The molecule has 2 aromatic rings. The quantitative estimate of drug-likeness (QED) is 0.739. The lowest BCUT2D eigenvalue weighted by molar-refractivity contribution is 0.0702. The molecule has 6 nitrogen and oxygen atoms in total. The summed E-state index contributed by atoms with van der Waals surface area (Å²) >= 11 is 3.51. The number of fused-ring (bicyclic) bond motifs is 1. The molecule has 4 rings (SSSR count). The molecule has 1 amide bonds. The average molecular weight is 433 g/mol. The fourth-order valence-corrected chi connectivity index (χ4v) is 4.56. The Balaban J connectivity index is 1.55. The molecule has 7 heteroatoms. The van der Waals surface area contributed by atoms with E-state index in [0.29, 0.717) is 17.9 Å². The Bertz CT molecular complexity index is 835. The van der Waals surface area contributed by atoms with Crippen LogP contribution in [0.2, 0.25) is 0 Å². The van der Waals surface area contributed by atoms with Crippen molar-refractivity contribution in [1.82, 2.24) is 19.7 Å². The molecule has 1 fully saturated rings. The van der Waals surface area contributed by atoms with Gasteiger partial charge in [0.1, 0.15) is 17.4 Å². The van der Waals surface area contributed by atoms with Crippen molar-refractivity contribution in [1.29, 1.82) is 0 Å². The molecule has 1 unspecified atom stereocenters. The first-order valence-corrected chi connectivity index (χ1v) is 10.5. The van der Waals surface area contributed by atoms with Crippen molar-refractivity contribution in [3.63, 3.8) is 0 Å². The molecule has 144 valence electrons. The van der Waals surface area contributed by atoms with Crippen molar-refractivity contribution in [3.05, 3.63) is 39.9 Å². The summed E-state index contributed by atoms with van der Waals surface area (Å²) < 4.78 is 8.40. The summed E-state index contributed by atoms with van der Waals surface area (Å²) in [5.74, 6) is 3.17. The van der Waals surface area contributed by atoms with Gasteiger partial charge < -0.3 is 14.2 Å². The third kappa shape index (κ3) is 3.74. The minimum Gasteiger partial charge on any atom is -0.497 e. The molecule has 1 saturated heterocycles. The zero-order valence-corrected chi connectivity index (χ0v) is 17.2. The van der Waals surface area contributed by atoms with E-state index in [1.807, 2.05) is 17.0 Å². The van der Waals surface area contributed by atoms with Crippen LogP contribution >= 0.6 is 15.9 Å². The number of carbonyl (C=O) groups is 1. The molecule has 2 aliphatic rings. The Morgan fingerprint density at radius 1 is 1.19 bits per heavy atom. The lowest BCUT2D eigenvalue weighted by atomic mass is 9.96. The first-order chi connectivity index (χ1) is 13.2. The van der Waals surface area contributed by atoms with Crippen molar-refractivity contribution in [2.75, 3.05) is 20.2 Å². The van der Waals surface area contributed by atoms with Gasteiger partial charge in [0.25, 0.3) is 5.91 Å². The van der Waals surface area contributed by atoms with Gasteiger partial charge in [-0.3, -0.25) is 4.79 Å². The number of benzene rings is 1. The van der Waals surface area contributed by atoms with Gasteiger partial charge in [0, 0.05) is 36.4 Å². The number of aryl methyl sites for hydroxylation is 1. The van der Waals surface area contributed by atoms with Gasteiger partial charge in [-0.05, 0) is 59.8 Å². The van der Waals surface area contributed by atoms with E-state index in [2.05, 4.69) is 30.7 Å². The SMILES string of the molecule is COc1ccc(Br)c(C(=O)N2CCCC(c3nnc4n3CCCCC4)C2)c1. The van der Waals surface area contributed by atoms with Gasteiger partial charge in [0.2, 0.25) is 0 Å². The van der Waals surface area contributed by atoms with Crippen LogP contribution in [0.1, 0.15) is 60.0 Å². The predicted molar refractivity (Wildman–Crippen MR) is 106 cm³/mol. The number of aromatic nitrogens is 3. The molecule has 3 heterocycles. The second-order valence-corrected chi connectivity index (χ2v) is 8.23. The minimum absolute atomic E-state index is 0.0427. The van der Waals surface area contributed by atoms with E-state index in [1.54, 1.807) is 13.2 Å². The van der Waals surface area contributed by atoms with Crippen LogP contribution in [-0.2, 0) is 13.0 Å². The summed E-state index contributed by atoms with van der Waals surface area (Å²) in [4.78, 5) is 15.1. The van der Waals surface area contributed by atoms with E-state index in [0.717, 1.165) is 48.5 Å². The Morgan fingerprint density at radius 3 is 2.93 bits per heavy atom. The van der Waals surface area contributed by atoms with Crippen LogP contribution in [0.4, 0.5) is 0 Å². The number of hydrogen-bond acceptors (Lipinski definition) is 4. The van der Waals surface area contributed by atoms with Gasteiger partial charge >= 0.3 is 0 Å². The highest BCUT2D eigenvalue weighted by Crippen LogP contribution is 2.30. The van der Waals surface area contributed by atoms with Gasteiger partial charge in [-0.1, -0.05) is 6.42 Å². The summed E-state index contributed by atoms with van der Waals surface area (Å²) in [6, 6.07) is 5.52. The number of methoxy groups -OCH3 is 1. The summed E-state index contributed by atoms with van der Waals surface area (Å²) in [5.41, 5.74) is 0.648. The van der Waals surface area contributed by atoms with Gasteiger partial charge in [-0.2, -0.15) is 0 Å². The topological polar surface area (TPSA) is 60.2 Å². The molecule has 27 heavy (non-hydrogen) atoms. The lowest BCUT2D eigenvalue weighted by Crippen LogP contribution is -2.40. The van der Waals surface area contributed by atoms with Crippen LogP contribution in [0.25, 0.3) is 0 Å². The fraction of sp³-hybridized carbons (Fsp3) is 0.550. The van der Waals surface area contributed by atoms with E-state index in [-0.39, 0.29) is 11.8 Å². The lowest BCUT2D eigenvalue weighted by Gasteiger charge is -2.32. The monoisotopic (exact) mass is 432 g/mol. The highest BCUT2D eigenvalue weighted by Gasteiger charge is 2.30. The Morgan fingerprint density at radius 2 is 2.07 bits per heavy atom. The number of piperidine rings is 1. The molecule has 0 spiro atoms. The normalized spacial score (nSPS) is 20.1. The highest BCUT2D eigenvalue weighted by molar-refractivity contribution is 9.10. The molecule has 0 N–H and O–H groups in total. The molecule has 0 aliphatic carbocycles. The molecular formula is C20H25BrN4O2. The molecule has 1 aromatic heterocycles. The molecule has 1 atom stereocenters. The van der Waals surface area contributed by atoms with Gasteiger partial charge in [-0.25, -0.2) is 0 Å². The van der Waals surface area contributed by atoms with E-state index >= 15 is 0 Å². The van der Waals surface area contributed by atoms with Crippen LogP contribution < -0.4 is 4.74 Å². The van der Waals surface area contributed by atoms with Crippen molar-refractivity contribution >= 4 is 21.8 Å². The Hall–Kier alpha value is -1.89. The molecule has 0 bridgehead atoms. The number of hydrogen-bond donors (Lipinski definition) is 0. The molecule has 0 saturated carbocycles. The zero-order valence-electron chi connectivity index (χ0n) is 15.7. The standard InChI is InChI=1S/C20H25BrN4O2/c1-27-15-8-9-17(21)16(12-15)20(26)24-10-5-6-14(13-24)19-23-22-18-7-3-2-4-11-25(18)19/h8-9,12,14H,2-7,10-11,13H2,1H3. The molecular weight excluding hydrogens is 408 g/mol. The Kier molecular flexibility index (Phi) is 5.48. The minimum atomic E-state index is 0.0427. The largest absolute Gasteiger partial charge is 0.497 e. The van der Waals surface area contributed by atoms with E-state index in [1.165, 1.54) is 19.3 Å². The number of rotatable bonds is 3. The highest BCUT2D eigenvalue weighted by atomic mass is 79.9. The molecule has 2 aliphatic heterocycles. The number of ether oxygens (including phenoxy) is 1. The number of amides is 1. The van der Waals surface area contributed by atoms with Gasteiger partial charge in [0.05, 0.1) is 12.7 Å². The molecule has 0 radical (unpaired) electrons. The van der Waals surface area contributed by atoms with Crippen LogP contribution in [0, 0.1) is 0 Å². The van der Waals surface area contributed by atoms with Crippen LogP contribution in [0.3, 0.4) is 0 Å². The number of halogens is 1. The summed E-state index contributed by atoms with van der Waals surface area (Å²) in [6.07, 6.45) is 6.68. The first-order valence-electron chi connectivity index (χ1n) is 9.72. The van der Waals surface area contributed by atoms with Crippen LogP contribution in [-0.4, -0.2) is 45.8 Å². The maximum Gasteiger partial charge on any atom is 0.255 e. The summed E-state index contributed by atoms with van der Waals surface area (Å²) in [7, 11) is 1.62. The molecule has 1 aromatic carbocycles. The second kappa shape index (κ2) is 8.00. The fourth-order valence-electron chi connectivity index (χ4n) is 4.15. The van der Waals surface area contributed by atoms with E-state index < -0.39 is 0 Å². The van der Waals surface area contributed by atoms with E-state index in [9.17, 15) is 4.79 Å². The van der Waals surface area contributed by atoms with E-state index in [4.69, 9.17) is 4.74 Å². The van der Waals surface area contributed by atoms with Crippen molar-refractivity contribution < 1.29 is 9.53 Å². The number of nitrogens with zero attached hydrogens (tertiary/aromatic N) is 4. The Labute approximate surface area is 168 Å². The maximum absolute atomic E-state index is 13.1. The second-order valence-electron chi connectivity index (χ2n) is 7.37. The third-order valence-corrected chi connectivity index (χ3v) is 6.31. The predicted octanol–water partition coefficient (Wildman–Crippen LogP) is 3.80.